The number of rotatable bonds is 7. The molecule has 1 N–H and O–H groups in total. The third-order valence-electron chi connectivity index (χ3n) is 4.05. The molecule has 130 valence electrons. The predicted octanol–water partition coefficient (Wildman–Crippen LogP) is 3.17. The molecular formula is C18H30IN3O. The number of likely N-dealkylation sites (tertiary alicyclic amines) is 1. The molecule has 0 bridgehead atoms. The van der Waals surface area contributed by atoms with Crippen molar-refractivity contribution in [2.24, 2.45) is 10.9 Å². The van der Waals surface area contributed by atoms with Crippen molar-refractivity contribution in [3.8, 4) is 0 Å². The van der Waals surface area contributed by atoms with Gasteiger partial charge in [-0.05, 0) is 31.7 Å². The van der Waals surface area contributed by atoms with Gasteiger partial charge in [0.15, 0.2) is 5.96 Å². The Bertz CT molecular complexity index is 453. The number of guanidine groups is 1. The van der Waals surface area contributed by atoms with E-state index in [1.165, 1.54) is 12.0 Å². The van der Waals surface area contributed by atoms with E-state index in [0.29, 0.717) is 5.92 Å². The zero-order chi connectivity index (χ0) is 15.6. The van der Waals surface area contributed by atoms with Crippen LogP contribution in [0.4, 0.5) is 0 Å². The number of nitrogens with zero attached hydrogens (tertiary/aromatic N) is 2. The van der Waals surface area contributed by atoms with E-state index in [0.717, 1.165) is 51.6 Å². The highest BCUT2D eigenvalue weighted by molar-refractivity contribution is 14.0. The number of aryl methyl sites for hydroxylation is 1. The third-order valence-corrected chi connectivity index (χ3v) is 4.05. The Hall–Kier alpha value is -0.820. The molecule has 1 aliphatic heterocycles. The van der Waals surface area contributed by atoms with Gasteiger partial charge in [-0.1, -0.05) is 30.3 Å². The SMILES string of the molecule is CCNC(=NCCCc1ccccc1)N1CCC(COC)C1.I. The van der Waals surface area contributed by atoms with Gasteiger partial charge in [-0.15, -0.1) is 24.0 Å². The van der Waals surface area contributed by atoms with Gasteiger partial charge in [0.2, 0.25) is 0 Å². The topological polar surface area (TPSA) is 36.9 Å². The molecule has 4 nitrogen and oxygen atoms in total. The maximum Gasteiger partial charge on any atom is 0.193 e. The Morgan fingerprint density at radius 2 is 2.13 bits per heavy atom. The molecule has 0 saturated carbocycles. The number of aliphatic imine (C=N–C) groups is 1. The summed E-state index contributed by atoms with van der Waals surface area (Å²) in [5.74, 6) is 1.70. The van der Waals surface area contributed by atoms with Crippen LogP contribution in [0.1, 0.15) is 25.3 Å². The molecule has 1 atom stereocenters. The zero-order valence-electron chi connectivity index (χ0n) is 14.3. The fraction of sp³-hybridized carbons (Fsp3) is 0.611. The van der Waals surface area contributed by atoms with Crippen LogP contribution in [0.2, 0.25) is 0 Å². The summed E-state index contributed by atoms with van der Waals surface area (Å²) in [6, 6.07) is 10.6. The van der Waals surface area contributed by atoms with Crippen molar-refractivity contribution in [3.05, 3.63) is 35.9 Å². The van der Waals surface area contributed by atoms with Crippen LogP contribution in [-0.2, 0) is 11.2 Å². The van der Waals surface area contributed by atoms with Gasteiger partial charge in [0.25, 0.3) is 0 Å². The summed E-state index contributed by atoms with van der Waals surface area (Å²) in [5, 5.41) is 3.42. The highest BCUT2D eigenvalue weighted by atomic mass is 127. The summed E-state index contributed by atoms with van der Waals surface area (Å²) in [4.78, 5) is 7.17. The third kappa shape index (κ3) is 7.08. The molecule has 1 aliphatic rings. The molecule has 0 amide bonds. The second-order valence-electron chi connectivity index (χ2n) is 5.88. The van der Waals surface area contributed by atoms with Crippen LogP contribution in [0.5, 0.6) is 0 Å². The smallest absolute Gasteiger partial charge is 0.193 e. The average Bonchev–Trinajstić information content (AvgIpc) is 3.00. The highest BCUT2D eigenvalue weighted by Gasteiger charge is 2.24. The number of methoxy groups -OCH3 is 1. The molecule has 23 heavy (non-hydrogen) atoms. The number of hydrogen-bond donors (Lipinski definition) is 1. The molecule has 0 spiro atoms. The van der Waals surface area contributed by atoms with E-state index in [9.17, 15) is 0 Å². The molecule has 0 aliphatic carbocycles. The minimum absolute atomic E-state index is 0. The van der Waals surface area contributed by atoms with Crippen LogP contribution in [0, 0.1) is 5.92 Å². The lowest BCUT2D eigenvalue weighted by atomic mass is 10.1. The lowest BCUT2D eigenvalue weighted by Gasteiger charge is -2.21. The van der Waals surface area contributed by atoms with Crippen LogP contribution in [0.3, 0.4) is 0 Å². The maximum absolute atomic E-state index is 5.27. The monoisotopic (exact) mass is 431 g/mol. The summed E-state index contributed by atoms with van der Waals surface area (Å²) >= 11 is 0. The summed E-state index contributed by atoms with van der Waals surface area (Å²) in [5.41, 5.74) is 1.39. The molecule has 5 heteroatoms. The minimum atomic E-state index is 0. The second-order valence-corrected chi connectivity index (χ2v) is 5.88. The van der Waals surface area contributed by atoms with E-state index in [-0.39, 0.29) is 24.0 Å². The van der Waals surface area contributed by atoms with Crippen molar-refractivity contribution in [1.82, 2.24) is 10.2 Å². The van der Waals surface area contributed by atoms with Gasteiger partial charge in [0, 0.05) is 39.2 Å². The first-order valence-electron chi connectivity index (χ1n) is 8.39. The number of halogens is 1. The van der Waals surface area contributed by atoms with Gasteiger partial charge in [-0.25, -0.2) is 0 Å². The first kappa shape index (κ1) is 20.2. The molecule has 1 unspecified atom stereocenters. The van der Waals surface area contributed by atoms with Crippen molar-refractivity contribution in [2.45, 2.75) is 26.2 Å². The molecule has 1 fully saturated rings. The summed E-state index contributed by atoms with van der Waals surface area (Å²) in [7, 11) is 1.78. The molecule has 1 aromatic carbocycles. The Labute approximate surface area is 157 Å². The standard InChI is InChI=1S/C18H29N3O.HI/c1-3-19-18(21-13-11-17(14-21)15-22-2)20-12-7-10-16-8-5-4-6-9-16;/h4-6,8-9,17H,3,7,10-15H2,1-2H3,(H,19,20);1H. The fourth-order valence-corrected chi connectivity index (χ4v) is 2.94. The predicted molar refractivity (Wildman–Crippen MR) is 108 cm³/mol. The molecule has 1 aromatic rings. The van der Waals surface area contributed by atoms with Gasteiger partial charge < -0.3 is 15.0 Å². The number of benzene rings is 1. The van der Waals surface area contributed by atoms with Gasteiger partial charge in [0.05, 0.1) is 6.61 Å². The van der Waals surface area contributed by atoms with Crippen molar-refractivity contribution in [2.75, 3.05) is 39.9 Å². The molecule has 0 radical (unpaired) electrons. The summed E-state index contributed by atoms with van der Waals surface area (Å²) in [6.45, 7) is 6.91. The quantitative estimate of drug-likeness (QED) is 0.312. The molecule has 2 rings (SSSR count). The van der Waals surface area contributed by atoms with Crippen LogP contribution < -0.4 is 5.32 Å². The molecule has 0 aromatic heterocycles. The lowest BCUT2D eigenvalue weighted by Crippen LogP contribution is -2.40. The maximum atomic E-state index is 5.27. The van der Waals surface area contributed by atoms with Crippen molar-refractivity contribution < 1.29 is 4.74 Å². The van der Waals surface area contributed by atoms with E-state index in [1.807, 2.05) is 0 Å². The zero-order valence-corrected chi connectivity index (χ0v) is 16.7. The Morgan fingerprint density at radius 1 is 1.35 bits per heavy atom. The Morgan fingerprint density at radius 3 is 2.83 bits per heavy atom. The van der Waals surface area contributed by atoms with Crippen LogP contribution >= 0.6 is 24.0 Å². The second kappa shape index (κ2) is 11.7. The van der Waals surface area contributed by atoms with Gasteiger partial charge in [-0.2, -0.15) is 0 Å². The van der Waals surface area contributed by atoms with Crippen LogP contribution in [-0.4, -0.2) is 50.8 Å². The number of ether oxygens (including phenoxy) is 1. The lowest BCUT2D eigenvalue weighted by molar-refractivity contribution is 0.157. The normalized spacial score (nSPS) is 17.9. The van der Waals surface area contributed by atoms with Gasteiger partial charge in [0.1, 0.15) is 0 Å². The number of hydrogen-bond acceptors (Lipinski definition) is 2. The molecular weight excluding hydrogens is 401 g/mol. The highest BCUT2D eigenvalue weighted by Crippen LogP contribution is 2.16. The fourth-order valence-electron chi connectivity index (χ4n) is 2.94. The van der Waals surface area contributed by atoms with Crippen LogP contribution in [0.15, 0.2) is 35.3 Å². The molecule has 1 saturated heterocycles. The van der Waals surface area contributed by atoms with E-state index >= 15 is 0 Å². The summed E-state index contributed by atoms with van der Waals surface area (Å²) in [6.07, 6.45) is 3.38. The van der Waals surface area contributed by atoms with Crippen molar-refractivity contribution in [1.29, 1.82) is 0 Å². The van der Waals surface area contributed by atoms with E-state index in [2.05, 4.69) is 47.5 Å². The van der Waals surface area contributed by atoms with Crippen LogP contribution in [0.25, 0.3) is 0 Å². The van der Waals surface area contributed by atoms with E-state index in [4.69, 9.17) is 9.73 Å². The Balaban J connectivity index is 0.00000264. The minimum Gasteiger partial charge on any atom is -0.384 e. The first-order chi connectivity index (χ1) is 10.8. The van der Waals surface area contributed by atoms with Gasteiger partial charge >= 0.3 is 0 Å². The van der Waals surface area contributed by atoms with E-state index in [1.54, 1.807) is 7.11 Å². The average molecular weight is 431 g/mol. The Kier molecular flexibility index (Phi) is 10.3. The number of nitrogens with one attached hydrogen (secondary N) is 1. The largest absolute Gasteiger partial charge is 0.384 e. The van der Waals surface area contributed by atoms with E-state index < -0.39 is 0 Å². The summed E-state index contributed by atoms with van der Waals surface area (Å²) < 4.78 is 5.27. The first-order valence-corrected chi connectivity index (χ1v) is 8.39. The van der Waals surface area contributed by atoms with Crippen molar-refractivity contribution >= 4 is 29.9 Å². The molecule has 1 heterocycles. The van der Waals surface area contributed by atoms with Gasteiger partial charge in [-0.3, -0.25) is 4.99 Å². The van der Waals surface area contributed by atoms with Crippen molar-refractivity contribution in [3.63, 3.8) is 0 Å².